The average Bonchev–Trinajstić information content (AvgIpc) is 2.50. The highest BCUT2D eigenvalue weighted by Gasteiger charge is 2.22. The smallest absolute Gasteiger partial charge is 0.242 e. The van der Waals surface area contributed by atoms with Crippen molar-refractivity contribution in [3.8, 4) is 0 Å². The number of anilines is 1. The SMILES string of the molecule is Cc1ccc(S(=O)(=O)N[C@H](C)C(=O)Nc2ccc(F)cc2F)cc1. The molecule has 0 unspecified atom stereocenters. The van der Waals surface area contributed by atoms with Crippen molar-refractivity contribution in [2.75, 3.05) is 5.32 Å². The topological polar surface area (TPSA) is 75.3 Å². The van der Waals surface area contributed by atoms with Crippen LogP contribution in [0.3, 0.4) is 0 Å². The van der Waals surface area contributed by atoms with Gasteiger partial charge in [-0.25, -0.2) is 17.2 Å². The van der Waals surface area contributed by atoms with E-state index in [4.69, 9.17) is 0 Å². The number of nitrogens with one attached hydrogen (secondary N) is 2. The molecule has 128 valence electrons. The van der Waals surface area contributed by atoms with Crippen molar-refractivity contribution >= 4 is 21.6 Å². The second-order valence-electron chi connectivity index (χ2n) is 5.27. The number of carbonyl (C=O) groups is 1. The standard InChI is InChI=1S/C16H16F2N2O3S/c1-10-3-6-13(7-4-10)24(22,23)20-11(2)16(21)19-15-8-5-12(17)9-14(15)18/h3-9,11,20H,1-2H3,(H,19,21)/t11-/m1/s1. The van der Waals surface area contributed by atoms with E-state index in [-0.39, 0.29) is 10.6 Å². The summed E-state index contributed by atoms with van der Waals surface area (Å²) in [6.45, 7) is 3.14. The lowest BCUT2D eigenvalue weighted by molar-refractivity contribution is -0.117. The molecule has 8 heteroatoms. The first-order chi connectivity index (χ1) is 11.2. The lowest BCUT2D eigenvalue weighted by Gasteiger charge is -2.15. The van der Waals surface area contributed by atoms with E-state index < -0.39 is 33.6 Å². The Balaban J connectivity index is 2.09. The molecule has 0 aromatic heterocycles. The third-order valence-electron chi connectivity index (χ3n) is 3.25. The fraction of sp³-hybridized carbons (Fsp3) is 0.188. The van der Waals surface area contributed by atoms with Gasteiger partial charge < -0.3 is 5.32 Å². The highest BCUT2D eigenvalue weighted by atomic mass is 32.2. The Morgan fingerprint density at radius 2 is 1.71 bits per heavy atom. The maximum Gasteiger partial charge on any atom is 0.242 e. The van der Waals surface area contributed by atoms with E-state index in [1.807, 2.05) is 6.92 Å². The molecule has 0 spiro atoms. The summed E-state index contributed by atoms with van der Waals surface area (Å²) in [4.78, 5) is 12.0. The molecule has 0 saturated heterocycles. The van der Waals surface area contributed by atoms with Crippen LogP contribution in [0.25, 0.3) is 0 Å². The summed E-state index contributed by atoms with van der Waals surface area (Å²) in [5, 5.41) is 2.21. The van der Waals surface area contributed by atoms with E-state index >= 15 is 0 Å². The molecule has 24 heavy (non-hydrogen) atoms. The molecule has 2 N–H and O–H groups in total. The van der Waals surface area contributed by atoms with Crippen molar-refractivity contribution in [3.05, 3.63) is 59.7 Å². The first-order valence-electron chi connectivity index (χ1n) is 7.04. The Labute approximate surface area is 138 Å². The molecule has 2 aromatic carbocycles. The summed E-state index contributed by atoms with van der Waals surface area (Å²) in [5.41, 5.74) is 0.661. The zero-order chi connectivity index (χ0) is 17.9. The molecule has 5 nitrogen and oxygen atoms in total. The molecule has 2 rings (SSSR count). The maximum absolute atomic E-state index is 13.5. The summed E-state index contributed by atoms with van der Waals surface area (Å²) in [6.07, 6.45) is 0. The van der Waals surface area contributed by atoms with Crippen molar-refractivity contribution in [1.82, 2.24) is 4.72 Å². The number of carbonyl (C=O) groups excluding carboxylic acids is 1. The molecule has 0 aliphatic heterocycles. The summed E-state index contributed by atoms with van der Waals surface area (Å²) in [6, 6.07) is 7.62. The van der Waals surface area contributed by atoms with Crippen LogP contribution < -0.4 is 10.0 Å². The normalized spacial score (nSPS) is 12.7. The van der Waals surface area contributed by atoms with Gasteiger partial charge in [0.2, 0.25) is 15.9 Å². The number of hydrogen-bond acceptors (Lipinski definition) is 3. The molecular weight excluding hydrogens is 338 g/mol. The van der Waals surface area contributed by atoms with Gasteiger partial charge in [-0.3, -0.25) is 4.79 Å². The second kappa shape index (κ2) is 7.06. The third-order valence-corrected chi connectivity index (χ3v) is 4.80. The molecule has 0 aliphatic rings. The number of amides is 1. The quantitative estimate of drug-likeness (QED) is 0.867. The fourth-order valence-electron chi connectivity index (χ4n) is 1.90. The van der Waals surface area contributed by atoms with Crippen molar-refractivity contribution in [1.29, 1.82) is 0 Å². The van der Waals surface area contributed by atoms with E-state index in [1.54, 1.807) is 12.1 Å². The minimum Gasteiger partial charge on any atom is -0.322 e. The summed E-state index contributed by atoms with van der Waals surface area (Å²) in [7, 11) is -3.90. The first kappa shape index (κ1) is 18.0. The van der Waals surface area contributed by atoms with Gasteiger partial charge in [0.15, 0.2) is 0 Å². The number of benzene rings is 2. The highest BCUT2D eigenvalue weighted by molar-refractivity contribution is 7.89. The van der Waals surface area contributed by atoms with Gasteiger partial charge in [0.05, 0.1) is 16.6 Å². The van der Waals surface area contributed by atoms with Crippen LogP contribution in [0.1, 0.15) is 12.5 Å². The fourth-order valence-corrected chi connectivity index (χ4v) is 3.11. The highest BCUT2D eigenvalue weighted by Crippen LogP contribution is 2.16. The minimum atomic E-state index is -3.90. The molecule has 0 bridgehead atoms. The van der Waals surface area contributed by atoms with E-state index in [9.17, 15) is 22.0 Å². The maximum atomic E-state index is 13.5. The van der Waals surface area contributed by atoms with Gasteiger partial charge in [-0.15, -0.1) is 0 Å². The van der Waals surface area contributed by atoms with E-state index in [0.29, 0.717) is 6.07 Å². The summed E-state index contributed by atoms with van der Waals surface area (Å²) in [5.74, 6) is -2.49. The Kier molecular flexibility index (Phi) is 5.30. The van der Waals surface area contributed by atoms with Gasteiger partial charge in [-0.05, 0) is 38.1 Å². The van der Waals surface area contributed by atoms with E-state index in [2.05, 4.69) is 10.0 Å². The van der Waals surface area contributed by atoms with Crippen LogP contribution in [0.15, 0.2) is 47.4 Å². The second-order valence-corrected chi connectivity index (χ2v) is 6.98. The van der Waals surface area contributed by atoms with Crippen LogP contribution in [0.4, 0.5) is 14.5 Å². The summed E-state index contributed by atoms with van der Waals surface area (Å²) >= 11 is 0. The van der Waals surface area contributed by atoms with Crippen molar-refractivity contribution < 1.29 is 22.0 Å². The predicted molar refractivity (Wildman–Crippen MR) is 86.0 cm³/mol. The molecule has 1 atom stereocenters. The van der Waals surface area contributed by atoms with Crippen molar-refractivity contribution in [2.24, 2.45) is 0 Å². The van der Waals surface area contributed by atoms with Gasteiger partial charge in [-0.1, -0.05) is 17.7 Å². The zero-order valence-corrected chi connectivity index (χ0v) is 13.8. The van der Waals surface area contributed by atoms with Crippen LogP contribution in [0.2, 0.25) is 0 Å². The Morgan fingerprint density at radius 1 is 1.08 bits per heavy atom. The van der Waals surface area contributed by atoms with Gasteiger partial charge in [-0.2, -0.15) is 4.72 Å². The number of aryl methyl sites for hydroxylation is 1. The molecule has 0 fully saturated rings. The molecule has 0 radical (unpaired) electrons. The van der Waals surface area contributed by atoms with Gasteiger partial charge in [0.25, 0.3) is 0 Å². The Morgan fingerprint density at radius 3 is 2.29 bits per heavy atom. The van der Waals surface area contributed by atoms with Crippen LogP contribution in [0.5, 0.6) is 0 Å². The number of rotatable bonds is 5. The zero-order valence-electron chi connectivity index (χ0n) is 13.0. The molecular formula is C16H16F2N2O3S. The number of hydrogen-bond donors (Lipinski definition) is 2. The minimum absolute atomic E-state index is 0.0145. The lowest BCUT2D eigenvalue weighted by Crippen LogP contribution is -2.41. The summed E-state index contributed by atoms with van der Waals surface area (Å²) < 4.78 is 53.0. The molecule has 0 aliphatic carbocycles. The van der Waals surface area contributed by atoms with Crippen LogP contribution >= 0.6 is 0 Å². The van der Waals surface area contributed by atoms with Crippen molar-refractivity contribution in [2.45, 2.75) is 24.8 Å². The predicted octanol–water partition coefficient (Wildman–Crippen LogP) is 2.58. The van der Waals surface area contributed by atoms with Crippen LogP contribution in [-0.2, 0) is 14.8 Å². The average molecular weight is 354 g/mol. The third kappa shape index (κ3) is 4.36. The Bertz CT molecular complexity index is 852. The monoisotopic (exact) mass is 354 g/mol. The molecule has 1 amide bonds. The van der Waals surface area contributed by atoms with Crippen LogP contribution in [-0.4, -0.2) is 20.4 Å². The van der Waals surface area contributed by atoms with E-state index in [1.165, 1.54) is 19.1 Å². The molecule has 0 heterocycles. The Hall–Kier alpha value is -2.32. The number of halogens is 2. The lowest BCUT2D eigenvalue weighted by atomic mass is 10.2. The first-order valence-corrected chi connectivity index (χ1v) is 8.52. The van der Waals surface area contributed by atoms with Gasteiger partial charge >= 0.3 is 0 Å². The van der Waals surface area contributed by atoms with E-state index in [0.717, 1.165) is 17.7 Å². The largest absolute Gasteiger partial charge is 0.322 e. The molecule has 2 aromatic rings. The molecule has 0 saturated carbocycles. The van der Waals surface area contributed by atoms with Gasteiger partial charge in [0, 0.05) is 6.07 Å². The van der Waals surface area contributed by atoms with Crippen LogP contribution in [0, 0.1) is 18.6 Å². The van der Waals surface area contributed by atoms with Crippen molar-refractivity contribution in [3.63, 3.8) is 0 Å². The number of sulfonamides is 1. The van der Waals surface area contributed by atoms with Gasteiger partial charge in [0.1, 0.15) is 11.6 Å².